The molecule has 2 heterocycles. The largest absolute Gasteiger partial charge is 0.497 e. The molecule has 7 heteroatoms. The molecule has 0 bridgehead atoms. The number of aromatic nitrogens is 1. The molecule has 0 saturated carbocycles. The Morgan fingerprint density at radius 3 is 2.55 bits per heavy atom. The van der Waals surface area contributed by atoms with Crippen molar-refractivity contribution in [1.82, 2.24) is 4.57 Å². The van der Waals surface area contributed by atoms with E-state index in [1.54, 1.807) is 14.2 Å². The first-order chi connectivity index (χ1) is 18.6. The number of aryl methyl sites for hydroxylation is 1. The van der Waals surface area contributed by atoms with Crippen LogP contribution in [0.15, 0.2) is 82.1 Å². The van der Waals surface area contributed by atoms with Gasteiger partial charge in [-0.2, -0.15) is 0 Å². The summed E-state index contributed by atoms with van der Waals surface area (Å²) in [6, 6.07) is 21.9. The van der Waals surface area contributed by atoms with Crippen molar-refractivity contribution in [2.45, 2.75) is 25.8 Å². The molecular weight excluding hydrogens is 496 g/mol. The number of ether oxygens (including phenoxy) is 3. The summed E-state index contributed by atoms with van der Waals surface area (Å²) in [5.74, 6) is 2.19. The van der Waals surface area contributed by atoms with Gasteiger partial charge in [0.15, 0.2) is 4.80 Å². The Morgan fingerprint density at radius 1 is 1.00 bits per heavy atom. The maximum atomic E-state index is 14.0. The van der Waals surface area contributed by atoms with Crippen molar-refractivity contribution in [3.63, 3.8) is 0 Å². The molecular formula is C31H28N2O4S. The van der Waals surface area contributed by atoms with Gasteiger partial charge in [0.2, 0.25) is 0 Å². The van der Waals surface area contributed by atoms with E-state index in [9.17, 15) is 4.79 Å². The molecule has 1 atom stereocenters. The normalized spacial score (nSPS) is 16.3. The van der Waals surface area contributed by atoms with Gasteiger partial charge in [-0.3, -0.25) is 9.36 Å². The molecule has 2 aliphatic rings. The Morgan fingerprint density at radius 2 is 1.79 bits per heavy atom. The lowest BCUT2D eigenvalue weighted by atomic mass is 9.83. The van der Waals surface area contributed by atoms with E-state index in [1.165, 1.54) is 22.5 Å². The molecule has 3 aromatic carbocycles. The molecule has 1 aromatic heterocycles. The molecule has 0 spiro atoms. The minimum Gasteiger partial charge on any atom is -0.497 e. The topological polar surface area (TPSA) is 62.0 Å². The summed E-state index contributed by atoms with van der Waals surface area (Å²) in [5.41, 5.74) is 6.36. The van der Waals surface area contributed by atoms with Gasteiger partial charge in [-0.25, -0.2) is 4.99 Å². The number of hydrogen-bond acceptors (Lipinski definition) is 6. The highest BCUT2D eigenvalue weighted by Gasteiger charge is 2.32. The number of rotatable bonds is 6. The standard InChI is InChI=1S/C31H28N2O4S/c1-4-37-22-12-9-20(10-13-22)29-25-15-11-19-7-5-6-8-24(19)28(25)32-31-33(29)30(34)27(38-31)18-21-17-23(35-2)14-16-26(21)36-3/h5-10,12-14,16-18,29H,4,11,15H2,1-3H3. The molecule has 1 aliphatic carbocycles. The third kappa shape index (κ3) is 4.13. The van der Waals surface area contributed by atoms with Crippen molar-refractivity contribution in [3.05, 3.63) is 114 Å². The number of thiazole rings is 1. The van der Waals surface area contributed by atoms with Gasteiger partial charge in [0.25, 0.3) is 5.56 Å². The van der Waals surface area contributed by atoms with Crippen LogP contribution in [0.2, 0.25) is 0 Å². The lowest BCUT2D eigenvalue weighted by Gasteiger charge is -2.30. The zero-order chi connectivity index (χ0) is 26.2. The second kappa shape index (κ2) is 9.99. The minimum atomic E-state index is -0.236. The summed E-state index contributed by atoms with van der Waals surface area (Å²) in [5, 5.41) is 0. The van der Waals surface area contributed by atoms with Gasteiger partial charge in [0.1, 0.15) is 17.2 Å². The number of fused-ring (bicyclic) bond motifs is 3. The second-order valence-corrected chi connectivity index (χ2v) is 10.2. The van der Waals surface area contributed by atoms with Crippen molar-refractivity contribution in [3.8, 4) is 17.2 Å². The number of benzene rings is 3. The Balaban J connectivity index is 1.58. The molecule has 0 amide bonds. The number of allylic oxidation sites excluding steroid dienone is 1. The smallest absolute Gasteiger partial charge is 0.271 e. The predicted octanol–water partition coefficient (Wildman–Crippen LogP) is 4.73. The van der Waals surface area contributed by atoms with E-state index in [0.29, 0.717) is 27.4 Å². The van der Waals surface area contributed by atoms with Crippen LogP contribution in [-0.2, 0) is 6.42 Å². The molecule has 6 nitrogen and oxygen atoms in total. The molecule has 192 valence electrons. The van der Waals surface area contributed by atoms with Crippen molar-refractivity contribution in [2.75, 3.05) is 20.8 Å². The number of nitrogens with zero attached hydrogens (tertiary/aromatic N) is 2. The van der Waals surface area contributed by atoms with Gasteiger partial charge in [-0.1, -0.05) is 47.7 Å². The first-order valence-electron chi connectivity index (χ1n) is 12.7. The van der Waals surface area contributed by atoms with Gasteiger partial charge in [0.05, 0.1) is 37.1 Å². The van der Waals surface area contributed by atoms with E-state index >= 15 is 0 Å². The quantitative estimate of drug-likeness (QED) is 0.366. The van der Waals surface area contributed by atoms with E-state index in [2.05, 4.69) is 36.4 Å². The molecule has 1 aliphatic heterocycles. The molecule has 6 rings (SSSR count). The van der Waals surface area contributed by atoms with Crippen molar-refractivity contribution >= 4 is 23.1 Å². The molecule has 0 fully saturated rings. The highest BCUT2D eigenvalue weighted by Crippen LogP contribution is 2.41. The summed E-state index contributed by atoms with van der Waals surface area (Å²) >= 11 is 1.40. The summed E-state index contributed by atoms with van der Waals surface area (Å²) in [6.07, 6.45) is 3.64. The van der Waals surface area contributed by atoms with Crippen LogP contribution >= 0.6 is 11.3 Å². The Hall–Kier alpha value is -4.10. The highest BCUT2D eigenvalue weighted by atomic mass is 32.1. The van der Waals surface area contributed by atoms with Gasteiger partial charge in [0, 0.05) is 11.1 Å². The van der Waals surface area contributed by atoms with Gasteiger partial charge in [-0.05, 0) is 72.9 Å². The van der Waals surface area contributed by atoms with Crippen molar-refractivity contribution in [1.29, 1.82) is 0 Å². The zero-order valence-corrected chi connectivity index (χ0v) is 22.4. The van der Waals surface area contributed by atoms with Crippen LogP contribution in [0, 0.1) is 0 Å². The summed E-state index contributed by atoms with van der Waals surface area (Å²) in [6.45, 7) is 2.58. The summed E-state index contributed by atoms with van der Waals surface area (Å²) in [4.78, 5) is 19.8. The fourth-order valence-electron chi connectivity index (χ4n) is 5.33. The maximum Gasteiger partial charge on any atom is 0.271 e. The zero-order valence-electron chi connectivity index (χ0n) is 21.6. The monoisotopic (exact) mass is 524 g/mol. The van der Waals surface area contributed by atoms with E-state index in [-0.39, 0.29) is 11.6 Å². The minimum absolute atomic E-state index is 0.0667. The third-order valence-corrected chi connectivity index (χ3v) is 8.09. The maximum absolute atomic E-state index is 14.0. The van der Waals surface area contributed by atoms with Crippen LogP contribution in [0.3, 0.4) is 0 Å². The Bertz CT molecular complexity index is 1730. The second-order valence-electron chi connectivity index (χ2n) is 9.22. The molecule has 0 radical (unpaired) electrons. The lowest BCUT2D eigenvalue weighted by Crippen LogP contribution is -2.38. The van der Waals surface area contributed by atoms with E-state index in [0.717, 1.165) is 41.0 Å². The summed E-state index contributed by atoms with van der Waals surface area (Å²) < 4.78 is 19.1. The van der Waals surface area contributed by atoms with Crippen molar-refractivity contribution in [2.24, 2.45) is 4.99 Å². The fourth-order valence-corrected chi connectivity index (χ4v) is 6.32. The van der Waals surface area contributed by atoms with E-state index in [4.69, 9.17) is 19.2 Å². The van der Waals surface area contributed by atoms with Gasteiger partial charge < -0.3 is 14.2 Å². The average Bonchev–Trinajstić information content (AvgIpc) is 3.26. The first-order valence-corrected chi connectivity index (χ1v) is 13.5. The van der Waals surface area contributed by atoms with E-state index in [1.807, 2.05) is 47.9 Å². The third-order valence-electron chi connectivity index (χ3n) is 7.10. The van der Waals surface area contributed by atoms with Crippen molar-refractivity contribution < 1.29 is 14.2 Å². The fraction of sp³-hybridized carbons (Fsp3) is 0.226. The predicted molar refractivity (Wildman–Crippen MR) is 150 cm³/mol. The number of hydrogen-bond donors (Lipinski definition) is 0. The van der Waals surface area contributed by atoms with Gasteiger partial charge >= 0.3 is 0 Å². The average molecular weight is 525 g/mol. The molecule has 38 heavy (non-hydrogen) atoms. The van der Waals surface area contributed by atoms with Crippen LogP contribution in [0.4, 0.5) is 0 Å². The molecule has 4 aromatic rings. The Labute approximate surface area is 224 Å². The Kier molecular flexibility index (Phi) is 6.37. The summed E-state index contributed by atoms with van der Waals surface area (Å²) in [7, 11) is 3.25. The molecule has 0 N–H and O–H groups in total. The van der Waals surface area contributed by atoms with Crippen LogP contribution in [0.25, 0.3) is 11.8 Å². The van der Waals surface area contributed by atoms with Crippen LogP contribution in [0.1, 0.15) is 41.6 Å². The first kappa shape index (κ1) is 24.2. The molecule has 1 unspecified atom stereocenters. The number of methoxy groups -OCH3 is 2. The highest BCUT2D eigenvalue weighted by molar-refractivity contribution is 7.07. The lowest BCUT2D eigenvalue weighted by molar-refractivity contribution is 0.340. The van der Waals surface area contributed by atoms with Crippen LogP contribution in [-0.4, -0.2) is 25.4 Å². The molecule has 0 saturated heterocycles. The van der Waals surface area contributed by atoms with Crippen LogP contribution < -0.4 is 29.1 Å². The SMILES string of the molecule is CCOc1ccc(C2C3=C(N=c4sc(=Cc5cc(OC)ccc5OC)c(=O)n42)c2ccccc2CC3)cc1. The van der Waals surface area contributed by atoms with E-state index < -0.39 is 0 Å². The van der Waals surface area contributed by atoms with Crippen LogP contribution in [0.5, 0.6) is 17.2 Å². The van der Waals surface area contributed by atoms with Gasteiger partial charge in [-0.15, -0.1) is 0 Å².